The molecule has 0 saturated carbocycles. The van der Waals surface area contributed by atoms with Gasteiger partial charge < -0.3 is 10.2 Å². The van der Waals surface area contributed by atoms with Crippen molar-refractivity contribution in [3.8, 4) is 0 Å². The number of anilines is 2. The zero-order chi connectivity index (χ0) is 19.4. The first kappa shape index (κ1) is 16.7. The number of thioether (sulfide) groups is 1. The van der Waals surface area contributed by atoms with Gasteiger partial charge in [-0.25, -0.2) is 0 Å². The SMILES string of the molecule is O=C1Nc2ccccc2C12SC1C(=NOC1c1ccccc1)N2c1ccccc1. The van der Waals surface area contributed by atoms with Gasteiger partial charge in [-0.2, -0.15) is 0 Å². The Morgan fingerprint density at radius 2 is 1.62 bits per heavy atom. The predicted molar refractivity (Wildman–Crippen MR) is 115 cm³/mol. The summed E-state index contributed by atoms with van der Waals surface area (Å²) in [5, 5.41) is 7.47. The van der Waals surface area contributed by atoms with Crippen LogP contribution in [-0.2, 0) is 14.5 Å². The van der Waals surface area contributed by atoms with Gasteiger partial charge in [-0.15, -0.1) is 11.8 Å². The second-order valence-electron chi connectivity index (χ2n) is 7.24. The molecule has 6 heteroatoms. The predicted octanol–water partition coefficient (Wildman–Crippen LogP) is 4.50. The molecule has 142 valence electrons. The summed E-state index contributed by atoms with van der Waals surface area (Å²) in [7, 11) is 0. The van der Waals surface area contributed by atoms with Crippen LogP contribution in [0.5, 0.6) is 0 Å². The Balaban J connectivity index is 1.54. The number of para-hydroxylation sites is 2. The van der Waals surface area contributed by atoms with E-state index in [1.165, 1.54) is 0 Å². The Labute approximate surface area is 172 Å². The zero-order valence-corrected chi connectivity index (χ0v) is 16.2. The van der Waals surface area contributed by atoms with Crippen LogP contribution in [0.2, 0.25) is 0 Å². The number of carbonyl (C=O) groups is 1. The Kier molecular flexibility index (Phi) is 3.52. The van der Waals surface area contributed by atoms with Crippen molar-refractivity contribution < 1.29 is 9.63 Å². The van der Waals surface area contributed by atoms with Gasteiger partial charge in [-0.3, -0.25) is 9.69 Å². The van der Waals surface area contributed by atoms with E-state index in [0.717, 1.165) is 28.3 Å². The van der Waals surface area contributed by atoms with Crippen molar-refractivity contribution in [1.29, 1.82) is 0 Å². The summed E-state index contributed by atoms with van der Waals surface area (Å²) in [6.07, 6.45) is -0.234. The lowest BCUT2D eigenvalue weighted by Crippen LogP contribution is -2.47. The molecule has 0 radical (unpaired) electrons. The minimum absolute atomic E-state index is 0.0449. The first-order chi connectivity index (χ1) is 14.3. The lowest BCUT2D eigenvalue weighted by atomic mass is 10.0. The zero-order valence-electron chi connectivity index (χ0n) is 15.4. The first-order valence-corrected chi connectivity index (χ1v) is 10.4. The van der Waals surface area contributed by atoms with Crippen molar-refractivity contribution in [3.05, 3.63) is 96.1 Å². The maximum absolute atomic E-state index is 13.4. The Hall–Kier alpha value is -3.25. The number of rotatable bonds is 2. The molecule has 3 aromatic rings. The van der Waals surface area contributed by atoms with E-state index in [1.807, 2.05) is 89.8 Å². The number of benzene rings is 3. The fourth-order valence-corrected chi connectivity index (χ4v) is 6.08. The van der Waals surface area contributed by atoms with E-state index in [-0.39, 0.29) is 17.3 Å². The van der Waals surface area contributed by atoms with Crippen LogP contribution in [0.4, 0.5) is 11.4 Å². The average Bonchev–Trinajstić information content (AvgIpc) is 3.41. The van der Waals surface area contributed by atoms with Crippen molar-refractivity contribution >= 4 is 34.9 Å². The molecule has 1 fully saturated rings. The van der Waals surface area contributed by atoms with Gasteiger partial charge in [0.1, 0.15) is 5.25 Å². The highest BCUT2D eigenvalue weighted by molar-refractivity contribution is 8.03. The third-order valence-corrected chi connectivity index (χ3v) is 7.26. The average molecular weight is 399 g/mol. The number of nitrogens with zero attached hydrogens (tertiary/aromatic N) is 2. The fourth-order valence-electron chi connectivity index (χ4n) is 4.36. The van der Waals surface area contributed by atoms with E-state index >= 15 is 0 Å². The molecule has 0 aliphatic carbocycles. The molecule has 3 unspecified atom stereocenters. The van der Waals surface area contributed by atoms with E-state index in [1.54, 1.807) is 11.8 Å². The minimum Gasteiger partial charge on any atom is -0.384 e. The molecule has 3 aliphatic heterocycles. The van der Waals surface area contributed by atoms with Crippen molar-refractivity contribution in [2.45, 2.75) is 16.2 Å². The molecular weight excluding hydrogens is 382 g/mol. The fraction of sp³-hybridized carbons (Fsp3) is 0.130. The van der Waals surface area contributed by atoms with Gasteiger partial charge in [0, 0.05) is 16.9 Å². The molecule has 0 bridgehead atoms. The molecule has 6 rings (SSSR count). The minimum atomic E-state index is -0.905. The van der Waals surface area contributed by atoms with Crippen LogP contribution in [0.15, 0.2) is 90.1 Å². The van der Waals surface area contributed by atoms with Gasteiger partial charge in [-0.1, -0.05) is 71.9 Å². The van der Waals surface area contributed by atoms with Crippen LogP contribution < -0.4 is 10.2 Å². The van der Waals surface area contributed by atoms with Crippen molar-refractivity contribution in [2.75, 3.05) is 10.2 Å². The molecule has 1 N–H and O–H groups in total. The Bertz CT molecular complexity index is 1140. The number of amides is 1. The van der Waals surface area contributed by atoms with Crippen LogP contribution >= 0.6 is 11.8 Å². The summed E-state index contributed by atoms with van der Waals surface area (Å²) in [4.78, 5) is 20.5. The first-order valence-electron chi connectivity index (χ1n) is 9.52. The van der Waals surface area contributed by atoms with Gasteiger partial charge in [0.2, 0.25) is 4.87 Å². The van der Waals surface area contributed by atoms with Crippen molar-refractivity contribution in [3.63, 3.8) is 0 Å². The van der Waals surface area contributed by atoms with E-state index in [2.05, 4.69) is 10.5 Å². The molecular formula is C23H17N3O2S. The number of nitrogens with one attached hydrogen (secondary N) is 1. The van der Waals surface area contributed by atoms with Gasteiger partial charge in [0.05, 0.1) is 0 Å². The third kappa shape index (κ3) is 2.23. The third-order valence-electron chi connectivity index (χ3n) is 5.62. The van der Waals surface area contributed by atoms with Crippen LogP contribution in [0.3, 0.4) is 0 Å². The Morgan fingerprint density at radius 3 is 2.41 bits per heavy atom. The molecule has 3 aromatic carbocycles. The van der Waals surface area contributed by atoms with E-state index in [4.69, 9.17) is 4.84 Å². The molecule has 1 amide bonds. The number of hydrogen-bond donors (Lipinski definition) is 1. The molecule has 1 spiro atoms. The normalized spacial score (nSPS) is 26.7. The molecule has 29 heavy (non-hydrogen) atoms. The smallest absolute Gasteiger partial charge is 0.266 e. The number of amidine groups is 1. The summed E-state index contributed by atoms with van der Waals surface area (Å²) in [6, 6.07) is 27.9. The second kappa shape index (κ2) is 6.12. The number of oxime groups is 1. The molecule has 0 aromatic heterocycles. The van der Waals surface area contributed by atoms with Crippen LogP contribution in [0.25, 0.3) is 0 Å². The highest BCUT2D eigenvalue weighted by atomic mass is 32.2. The van der Waals surface area contributed by atoms with Crippen molar-refractivity contribution in [1.82, 2.24) is 0 Å². The van der Waals surface area contributed by atoms with Gasteiger partial charge in [0.25, 0.3) is 5.91 Å². The highest BCUT2D eigenvalue weighted by Gasteiger charge is 2.64. The summed E-state index contributed by atoms with van der Waals surface area (Å²) in [5.74, 6) is 0.735. The standard InChI is InChI=1S/C23H17N3O2S/c27-22-23(17-13-7-8-14-18(17)24-22)26(16-11-5-2-6-12-16)21-20(29-23)19(28-25-21)15-9-3-1-4-10-15/h1-14,19-20H,(H,24,27). The molecule has 3 heterocycles. The molecule has 5 nitrogen and oxygen atoms in total. The lowest BCUT2D eigenvalue weighted by Gasteiger charge is -2.33. The second-order valence-corrected chi connectivity index (χ2v) is 8.57. The Morgan fingerprint density at radius 1 is 0.931 bits per heavy atom. The van der Waals surface area contributed by atoms with E-state index in [0.29, 0.717) is 0 Å². The molecule has 3 aliphatic rings. The van der Waals surface area contributed by atoms with Gasteiger partial charge in [0.15, 0.2) is 11.9 Å². The molecule has 3 atom stereocenters. The monoisotopic (exact) mass is 399 g/mol. The number of hydrogen-bond acceptors (Lipinski definition) is 5. The lowest BCUT2D eigenvalue weighted by molar-refractivity contribution is -0.117. The highest BCUT2D eigenvalue weighted by Crippen LogP contribution is 2.60. The summed E-state index contributed by atoms with van der Waals surface area (Å²) >= 11 is 1.61. The topological polar surface area (TPSA) is 53.9 Å². The summed E-state index contributed by atoms with van der Waals surface area (Å²) in [5.41, 5.74) is 3.79. The van der Waals surface area contributed by atoms with Gasteiger partial charge >= 0.3 is 0 Å². The van der Waals surface area contributed by atoms with Crippen LogP contribution in [0.1, 0.15) is 17.2 Å². The van der Waals surface area contributed by atoms with Crippen LogP contribution in [-0.4, -0.2) is 17.0 Å². The van der Waals surface area contributed by atoms with Crippen LogP contribution in [0, 0.1) is 0 Å². The number of fused-ring (bicyclic) bond motifs is 3. The largest absolute Gasteiger partial charge is 0.384 e. The van der Waals surface area contributed by atoms with E-state index in [9.17, 15) is 4.79 Å². The quantitative estimate of drug-likeness (QED) is 0.689. The van der Waals surface area contributed by atoms with E-state index < -0.39 is 4.87 Å². The maximum Gasteiger partial charge on any atom is 0.266 e. The van der Waals surface area contributed by atoms with Crippen molar-refractivity contribution in [2.24, 2.45) is 5.16 Å². The molecule has 1 saturated heterocycles. The summed E-state index contributed by atoms with van der Waals surface area (Å²) in [6.45, 7) is 0. The maximum atomic E-state index is 13.4. The van der Waals surface area contributed by atoms with Gasteiger partial charge in [-0.05, 0) is 23.8 Å². The summed E-state index contributed by atoms with van der Waals surface area (Å²) < 4.78 is 0. The number of carbonyl (C=O) groups excluding carboxylic acids is 1.